The van der Waals surface area contributed by atoms with Crippen LogP contribution >= 0.6 is 11.6 Å². The van der Waals surface area contributed by atoms with Gasteiger partial charge in [-0.15, -0.1) is 0 Å². The smallest absolute Gasteiger partial charge is 0.249 e. The van der Waals surface area contributed by atoms with E-state index in [2.05, 4.69) is 9.97 Å². The summed E-state index contributed by atoms with van der Waals surface area (Å²) in [5, 5.41) is 0.589. The lowest BCUT2D eigenvalue weighted by Crippen LogP contribution is -2.40. The molecule has 1 aromatic heterocycles. The first-order valence-electron chi connectivity index (χ1n) is 7.16. The average Bonchev–Trinajstić information content (AvgIpc) is 2.88. The summed E-state index contributed by atoms with van der Waals surface area (Å²) in [6.07, 6.45) is 2.43. The van der Waals surface area contributed by atoms with E-state index < -0.39 is 0 Å². The Bertz CT molecular complexity index is 706. The van der Waals surface area contributed by atoms with Crippen molar-refractivity contribution < 1.29 is 4.79 Å². The zero-order chi connectivity index (χ0) is 15.7. The number of halogens is 1. The zero-order valence-corrected chi connectivity index (χ0v) is 13.3. The van der Waals surface area contributed by atoms with Gasteiger partial charge in [0.05, 0.1) is 10.7 Å². The molecule has 0 aliphatic carbocycles. The van der Waals surface area contributed by atoms with Gasteiger partial charge in [-0.3, -0.25) is 4.79 Å². The van der Waals surface area contributed by atoms with Crippen LogP contribution in [-0.4, -0.2) is 35.5 Å². The number of aryl methyl sites for hydroxylation is 1. The predicted octanol–water partition coefficient (Wildman–Crippen LogP) is 2.68. The third kappa shape index (κ3) is 2.64. The van der Waals surface area contributed by atoms with Gasteiger partial charge in [-0.05, 0) is 31.5 Å². The van der Waals surface area contributed by atoms with Crippen LogP contribution in [0.1, 0.15) is 12.1 Å². The molecule has 0 bridgehead atoms. The van der Waals surface area contributed by atoms with Crippen LogP contribution in [0.15, 0.2) is 36.5 Å². The molecule has 2 aromatic rings. The first-order valence-corrected chi connectivity index (χ1v) is 7.54. The van der Waals surface area contributed by atoms with Gasteiger partial charge in [-0.1, -0.05) is 23.7 Å². The van der Waals surface area contributed by atoms with Gasteiger partial charge in [0.2, 0.25) is 11.9 Å². The molecule has 6 heteroatoms. The molecule has 1 saturated heterocycles. The van der Waals surface area contributed by atoms with E-state index >= 15 is 0 Å². The van der Waals surface area contributed by atoms with Crippen molar-refractivity contribution in [3.05, 3.63) is 47.2 Å². The number of carbonyl (C=O) groups is 1. The maximum Gasteiger partial charge on any atom is 0.249 e. The van der Waals surface area contributed by atoms with Gasteiger partial charge in [0, 0.05) is 25.5 Å². The van der Waals surface area contributed by atoms with Gasteiger partial charge in [0.15, 0.2) is 0 Å². The van der Waals surface area contributed by atoms with Crippen LogP contribution in [0.3, 0.4) is 0 Å². The summed E-state index contributed by atoms with van der Waals surface area (Å²) in [6, 6.07) is 8.98. The number of hydrogen-bond donors (Lipinski definition) is 0. The fraction of sp³-hybridized carbons (Fsp3) is 0.312. The summed E-state index contributed by atoms with van der Waals surface area (Å²) >= 11 is 6.20. The molecule has 0 N–H and O–H groups in total. The maximum atomic E-state index is 12.7. The van der Waals surface area contributed by atoms with E-state index in [0.717, 1.165) is 17.8 Å². The molecule has 1 aliphatic rings. The van der Waals surface area contributed by atoms with E-state index in [0.29, 0.717) is 17.5 Å². The van der Waals surface area contributed by atoms with Gasteiger partial charge >= 0.3 is 0 Å². The lowest BCUT2D eigenvalue weighted by molar-refractivity contribution is -0.118. The SMILES string of the molecule is Cc1ccnc(N(C)C2CCN(c3ccccc3Cl)C2=O)n1. The molecular weight excluding hydrogens is 300 g/mol. The fourth-order valence-corrected chi connectivity index (χ4v) is 2.92. The van der Waals surface area contributed by atoms with Gasteiger partial charge < -0.3 is 9.80 Å². The molecule has 0 saturated carbocycles. The lowest BCUT2D eigenvalue weighted by Gasteiger charge is -2.24. The second-order valence-electron chi connectivity index (χ2n) is 5.35. The summed E-state index contributed by atoms with van der Waals surface area (Å²) in [7, 11) is 1.85. The third-order valence-corrected chi connectivity index (χ3v) is 4.21. The van der Waals surface area contributed by atoms with Crippen molar-refractivity contribution >= 4 is 29.1 Å². The van der Waals surface area contributed by atoms with Gasteiger partial charge in [0.1, 0.15) is 6.04 Å². The van der Waals surface area contributed by atoms with Crippen LogP contribution in [0.2, 0.25) is 5.02 Å². The topological polar surface area (TPSA) is 49.3 Å². The molecule has 0 radical (unpaired) electrons. The molecule has 0 spiro atoms. The molecule has 3 rings (SSSR count). The normalized spacial score (nSPS) is 17.9. The van der Waals surface area contributed by atoms with Crippen LogP contribution < -0.4 is 9.80 Å². The Labute approximate surface area is 134 Å². The van der Waals surface area contributed by atoms with Crippen LogP contribution in [0.25, 0.3) is 0 Å². The van der Waals surface area contributed by atoms with E-state index in [4.69, 9.17) is 11.6 Å². The Morgan fingerprint density at radius 3 is 2.82 bits per heavy atom. The lowest BCUT2D eigenvalue weighted by atomic mass is 10.2. The minimum atomic E-state index is -0.266. The first-order chi connectivity index (χ1) is 10.6. The molecule has 5 nitrogen and oxygen atoms in total. The Balaban J connectivity index is 1.83. The number of likely N-dealkylation sites (N-methyl/N-ethyl adjacent to an activating group) is 1. The van der Waals surface area contributed by atoms with E-state index in [1.807, 2.05) is 43.1 Å². The summed E-state index contributed by atoms with van der Waals surface area (Å²) in [5.74, 6) is 0.597. The van der Waals surface area contributed by atoms with Crippen LogP contribution in [-0.2, 0) is 4.79 Å². The molecule has 1 atom stereocenters. The molecule has 22 heavy (non-hydrogen) atoms. The molecular formula is C16H17ClN4O. The van der Waals surface area contributed by atoms with E-state index in [1.165, 1.54) is 0 Å². The van der Waals surface area contributed by atoms with Crippen LogP contribution in [0.4, 0.5) is 11.6 Å². The second-order valence-corrected chi connectivity index (χ2v) is 5.76. The second kappa shape index (κ2) is 5.93. The largest absolute Gasteiger partial charge is 0.332 e. The number of aromatic nitrogens is 2. The molecule has 1 unspecified atom stereocenters. The van der Waals surface area contributed by atoms with Crippen LogP contribution in [0, 0.1) is 6.92 Å². The van der Waals surface area contributed by atoms with Crippen molar-refractivity contribution in [2.45, 2.75) is 19.4 Å². The quantitative estimate of drug-likeness (QED) is 0.873. The highest BCUT2D eigenvalue weighted by Gasteiger charge is 2.36. The Kier molecular flexibility index (Phi) is 3.98. The van der Waals surface area contributed by atoms with Gasteiger partial charge in [0.25, 0.3) is 0 Å². The number of carbonyl (C=O) groups excluding carboxylic acids is 1. The van der Waals surface area contributed by atoms with Crippen LogP contribution in [0.5, 0.6) is 0 Å². The first kappa shape index (κ1) is 14.8. The third-order valence-electron chi connectivity index (χ3n) is 3.89. The van der Waals surface area contributed by atoms with E-state index in [9.17, 15) is 4.79 Å². The molecule has 114 valence electrons. The fourth-order valence-electron chi connectivity index (χ4n) is 2.68. The summed E-state index contributed by atoms with van der Waals surface area (Å²) < 4.78 is 0. The minimum absolute atomic E-state index is 0.0284. The Hall–Kier alpha value is -2.14. The number of benzene rings is 1. The average molecular weight is 317 g/mol. The molecule has 2 heterocycles. The van der Waals surface area contributed by atoms with Crippen molar-refractivity contribution in [1.29, 1.82) is 0 Å². The standard InChI is InChI=1S/C16H17ClN4O/c1-11-7-9-18-16(19-11)20(2)14-8-10-21(15(14)22)13-6-4-3-5-12(13)17/h3-7,9,14H,8,10H2,1-2H3. The van der Waals surface area contributed by atoms with E-state index in [-0.39, 0.29) is 11.9 Å². The summed E-state index contributed by atoms with van der Waals surface area (Å²) in [4.78, 5) is 24.9. The van der Waals surface area contributed by atoms with Gasteiger partial charge in [-0.2, -0.15) is 0 Å². The molecule has 1 amide bonds. The monoisotopic (exact) mass is 316 g/mol. The number of para-hydroxylation sites is 1. The summed E-state index contributed by atoms with van der Waals surface area (Å²) in [5.41, 5.74) is 1.64. The highest BCUT2D eigenvalue weighted by atomic mass is 35.5. The minimum Gasteiger partial charge on any atom is -0.332 e. The molecule has 1 fully saturated rings. The summed E-state index contributed by atoms with van der Waals surface area (Å²) in [6.45, 7) is 2.55. The Morgan fingerprint density at radius 2 is 2.09 bits per heavy atom. The number of nitrogens with zero attached hydrogens (tertiary/aromatic N) is 4. The van der Waals surface area contributed by atoms with E-state index in [1.54, 1.807) is 17.2 Å². The highest BCUT2D eigenvalue weighted by molar-refractivity contribution is 6.34. The maximum absolute atomic E-state index is 12.7. The van der Waals surface area contributed by atoms with Gasteiger partial charge in [-0.25, -0.2) is 9.97 Å². The number of anilines is 2. The van der Waals surface area contributed by atoms with Crippen molar-refractivity contribution in [3.63, 3.8) is 0 Å². The van der Waals surface area contributed by atoms with Crippen molar-refractivity contribution in [2.24, 2.45) is 0 Å². The zero-order valence-electron chi connectivity index (χ0n) is 12.5. The molecule has 1 aliphatic heterocycles. The Morgan fingerprint density at radius 1 is 1.32 bits per heavy atom. The number of hydrogen-bond acceptors (Lipinski definition) is 4. The predicted molar refractivity (Wildman–Crippen MR) is 87.4 cm³/mol. The highest BCUT2D eigenvalue weighted by Crippen LogP contribution is 2.30. The van der Waals surface area contributed by atoms with Crippen molar-refractivity contribution in [1.82, 2.24) is 9.97 Å². The number of rotatable bonds is 3. The molecule has 1 aromatic carbocycles. The van der Waals surface area contributed by atoms with Crippen molar-refractivity contribution in [2.75, 3.05) is 23.4 Å². The number of amides is 1. The van der Waals surface area contributed by atoms with Crippen molar-refractivity contribution in [3.8, 4) is 0 Å².